The van der Waals surface area contributed by atoms with E-state index in [-0.39, 0.29) is 11.8 Å². The molecule has 0 fully saturated rings. The van der Waals surface area contributed by atoms with Gasteiger partial charge in [-0.2, -0.15) is 0 Å². The van der Waals surface area contributed by atoms with Crippen molar-refractivity contribution in [2.45, 2.75) is 39.5 Å². The van der Waals surface area contributed by atoms with Crippen molar-refractivity contribution in [1.29, 1.82) is 0 Å². The predicted molar refractivity (Wildman–Crippen MR) is 106 cm³/mol. The first-order chi connectivity index (χ1) is 12.7. The van der Waals surface area contributed by atoms with Crippen LogP contribution in [-0.2, 0) is 22.4 Å². The first-order valence-electron chi connectivity index (χ1n) is 9.35. The zero-order valence-corrected chi connectivity index (χ0v) is 15.7. The molecule has 0 radical (unpaired) electrons. The number of hydrogen-bond acceptors (Lipinski definition) is 2. The highest BCUT2D eigenvalue weighted by molar-refractivity contribution is 5.77. The van der Waals surface area contributed by atoms with Crippen LogP contribution in [0.15, 0.2) is 48.5 Å². The predicted octanol–water partition coefficient (Wildman–Crippen LogP) is 3.49. The van der Waals surface area contributed by atoms with Crippen molar-refractivity contribution in [2.75, 3.05) is 13.1 Å². The van der Waals surface area contributed by atoms with Crippen LogP contribution >= 0.6 is 0 Å². The lowest BCUT2D eigenvalue weighted by Crippen LogP contribution is -2.24. The molecule has 4 nitrogen and oxygen atoms in total. The van der Waals surface area contributed by atoms with E-state index >= 15 is 0 Å². The Balaban J connectivity index is 2.17. The minimum absolute atomic E-state index is 0.0739. The third kappa shape index (κ3) is 5.73. The fourth-order valence-electron chi connectivity index (χ4n) is 3.00. The number of rotatable bonds is 9. The zero-order chi connectivity index (χ0) is 18.8. The minimum atomic E-state index is 0.0739. The molecule has 2 amide bonds. The van der Waals surface area contributed by atoms with Crippen LogP contribution in [0.25, 0.3) is 11.1 Å². The Bertz CT molecular complexity index is 740. The fourth-order valence-corrected chi connectivity index (χ4v) is 3.00. The van der Waals surface area contributed by atoms with Gasteiger partial charge in [-0.1, -0.05) is 55.5 Å². The fraction of sp³-hybridized carbons (Fsp3) is 0.364. The van der Waals surface area contributed by atoms with Gasteiger partial charge in [-0.25, -0.2) is 0 Å². The van der Waals surface area contributed by atoms with Crippen molar-refractivity contribution in [1.82, 2.24) is 10.6 Å². The van der Waals surface area contributed by atoms with E-state index in [4.69, 9.17) is 0 Å². The van der Waals surface area contributed by atoms with Gasteiger partial charge in [0.25, 0.3) is 0 Å². The quantitative estimate of drug-likeness (QED) is 0.726. The second-order valence-corrected chi connectivity index (χ2v) is 6.22. The van der Waals surface area contributed by atoms with Crippen molar-refractivity contribution in [3.63, 3.8) is 0 Å². The van der Waals surface area contributed by atoms with E-state index in [1.807, 2.05) is 38.1 Å². The first kappa shape index (κ1) is 19.7. The number of carbonyl (C=O) groups excluding carboxylic acids is 2. The molecule has 0 atom stereocenters. The Kier molecular flexibility index (Phi) is 7.87. The molecule has 138 valence electrons. The van der Waals surface area contributed by atoms with Crippen molar-refractivity contribution < 1.29 is 9.59 Å². The Morgan fingerprint density at radius 1 is 0.769 bits per heavy atom. The Morgan fingerprint density at radius 3 is 1.92 bits per heavy atom. The van der Waals surface area contributed by atoms with Gasteiger partial charge in [-0.05, 0) is 42.0 Å². The molecule has 0 bridgehead atoms. The standard InChI is InChI=1S/C22H28N2O2/c1-3-21(25)24-16-15-18-10-6-8-12-20(18)19-11-7-5-9-17(19)13-14-22(26)23-4-2/h5-12H,3-4,13-16H2,1-2H3,(H,23,26)(H,24,25). The molecule has 0 unspecified atom stereocenters. The summed E-state index contributed by atoms with van der Waals surface area (Å²) in [7, 11) is 0. The van der Waals surface area contributed by atoms with E-state index in [1.54, 1.807) is 0 Å². The van der Waals surface area contributed by atoms with E-state index in [1.165, 1.54) is 16.7 Å². The summed E-state index contributed by atoms with van der Waals surface area (Å²) < 4.78 is 0. The summed E-state index contributed by atoms with van der Waals surface area (Å²) in [6.45, 7) is 5.07. The monoisotopic (exact) mass is 352 g/mol. The molecule has 0 aliphatic carbocycles. The molecule has 2 rings (SSSR count). The average molecular weight is 352 g/mol. The lowest BCUT2D eigenvalue weighted by Gasteiger charge is -2.14. The summed E-state index contributed by atoms with van der Waals surface area (Å²) in [5.74, 6) is 0.155. The topological polar surface area (TPSA) is 58.2 Å². The van der Waals surface area contributed by atoms with Crippen molar-refractivity contribution in [3.05, 3.63) is 59.7 Å². The van der Waals surface area contributed by atoms with Gasteiger partial charge in [0.05, 0.1) is 0 Å². The van der Waals surface area contributed by atoms with Gasteiger partial charge in [-0.3, -0.25) is 9.59 Å². The van der Waals surface area contributed by atoms with Gasteiger partial charge in [0.1, 0.15) is 0 Å². The number of aryl methyl sites for hydroxylation is 1. The molecule has 0 saturated carbocycles. The molecule has 0 aromatic heterocycles. The number of amides is 2. The lowest BCUT2D eigenvalue weighted by molar-refractivity contribution is -0.121. The summed E-state index contributed by atoms with van der Waals surface area (Å²) >= 11 is 0. The molecule has 26 heavy (non-hydrogen) atoms. The third-order valence-corrected chi connectivity index (χ3v) is 4.36. The van der Waals surface area contributed by atoms with Gasteiger partial charge >= 0.3 is 0 Å². The van der Waals surface area contributed by atoms with Crippen molar-refractivity contribution >= 4 is 11.8 Å². The summed E-state index contributed by atoms with van der Waals surface area (Å²) in [5.41, 5.74) is 4.71. The van der Waals surface area contributed by atoms with Crippen LogP contribution in [0.5, 0.6) is 0 Å². The first-order valence-corrected chi connectivity index (χ1v) is 9.35. The summed E-state index contributed by atoms with van der Waals surface area (Å²) in [6.07, 6.45) is 2.49. The lowest BCUT2D eigenvalue weighted by atomic mass is 9.92. The van der Waals surface area contributed by atoms with Crippen LogP contribution in [0, 0.1) is 0 Å². The van der Waals surface area contributed by atoms with Gasteiger partial charge in [0.15, 0.2) is 0 Å². The average Bonchev–Trinajstić information content (AvgIpc) is 2.67. The Labute approximate surface area is 156 Å². The number of benzene rings is 2. The molecule has 0 aliphatic rings. The molecule has 2 aromatic carbocycles. The highest BCUT2D eigenvalue weighted by atomic mass is 16.2. The summed E-state index contributed by atoms with van der Waals surface area (Å²) in [5, 5.41) is 5.79. The molecule has 2 aromatic rings. The minimum Gasteiger partial charge on any atom is -0.356 e. The molecule has 0 spiro atoms. The van der Waals surface area contributed by atoms with E-state index < -0.39 is 0 Å². The second-order valence-electron chi connectivity index (χ2n) is 6.22. The zero-order valence-electron chi connectivity index (χ0n) is 15.7. The molecular weight excluding hydrogens is 324 g/mol. The maximum atomic E-state index is 11.8. The highest BCUT2D eigenvalue weighted by Gasteiger charge is 2.10. The maximum absolute atomic E-state index is 11.8. The Hall–Kier alpha value is -2.62. The second kappa shape index (κ2) is 10.4. The smallest absolute Gasteiger partial charge is 0.220 e. The van der Waals surface area contributed by atoms with E-state index in [2.05, 4.69) is 34.9 Å². The maximum Gasteiger partial charge on any atom is 0.220 e. The van der Waals surface area contributed by atoms with E-state index in [0.29, 0.717) is 32.4 Å². The number of nitrogens with one attached hydrogen (secondary N) is 2. The van der Waals surface area contributed by atoms with Gasteiger partial charge < -0.3 is 10.6 Å². The molecule has 4 heteroatoms. The normalized spacial score (nSPS) is 10.4. The van der Waals surface area contributed by atoms with Crippen LogP contribution in [0.4, 0.5) is 0 Å². The van der Waals surface area contributed by atoms with Crippen molar-refractivity contribution in [3.8, 4) is 11.1 Å². The van der Waals surface area contributed by atoms with Crippen LogP contribution in [0.2, 0.25) is 0 Å². The third-order valence-electron chi connectivity index (χ3n) is 4.36. The number of hydrogen-bond donors (Lipinski definition) is 2. The van der Waals surface area contributed by atoms with Gasteiger partial charge in [0, 0.05) is 25.9 Å². The molecular formula is C22H28N2O2. The highest BCUT2D eigenvalue weighted by Crippen LogP contribution is 2.28. The Morgan fingerprint density at radius 2 is 1.35 bits per heavy atom. The SMILES string of the molecule is CCNC(=O)CCc1ccccc1-c1ccccc1CCNC(=O)CC. The van der Waals surface area contributed by atoms with Crippen LogP contribution in [-0.4, -0.2) is 24.9 Å². The largest absolute Gasteiger partial charge is 0.356 e. The molecule has 0 aliphatic heterocycles. The van der Waals surface area contributed by atoms with Gasteiger partial charge in [-0.15, -0.1) is 0 Å². The summed E-state index contributed by atoms with van der Waals surface area (Å²) in [4.78, 5) is 23.3. The van der Waals surface area contributed by atoms with E-state index in [0.717, 1.165) is 12.0 Å². The molecule has 2 N–H and O–H groups in total. The van der Waals surface area contributed by atoms with Crippen LogP contribution in [0.3, 0.4) is 0 Å². The van der Waals surface area contributed by atoms with Crippen molar-refractivity contribution in [2.24, 2.45) is 0 Å². The van der Waals surface area contributed by atoms with Crippen LogP contribution < -0.4 is 10.6 Å². The van der Waals surface area contributed by atoms with E-state index in [9.17, 15) is 9.59 Å². The van der Waals surface area contributed by atoms with Gasteiger partial charge in [0.2, 0.25) is 11.8 Å². The summed E-state index contributed by atoms with van der Waals surface area (Å²) in [6, 6.07) is 16.5. The number of carbonyl (C=O) groups is 2. The molecule has 0 saturated heterocycles. The molecule has 0 heterocycles. The van der Waals surface area contributed by atoms with Crippen LogP contribution in [0.1, 0.15) is 37.8 Å².